The molecule has 72 valence electrons. The van der Waals surface area contributed by atoms with Crippen LogP contribution in [0.1, 0.15) is 40.8 Å². The fourth-order valence-electron chi connectivity index (χ4n) is 1.76. The SMILES string of the molecule is Cc1sc(CCN)nc1C1CCC1. The lowest BCUT2D eigenvalue weighted by atomic mass is 9.82. The minimum absolute atomic E-state index is 0.719. The number of hydrogen-bond donors (Lipinski definition) is 1. The molecule has 0 unspecified atom stereocenters. The van der Waals surface area contributed by atoms with E-state index in [9.17, 15) is 0 Å². The quantitative estimate of drug-likeness (QED) is 0.805. The summed E-state index contributed by atoms with van der Waals surface area (Å²) in [4.78, 5) is 6.07. The van der Waals surface area contributed by atoms with Crippen molar-refractivity contribution in [3.8, 4) is 0 Å². The molecule has 2 N–H and O–H groups in total. The van der Waals surface area contributed by atoms with Crippen molar-refractivity contribution in [3.63, 3.8) is 0 Å². The molecule has 0 aliphatic heterocycles. The standard InChI is InChI=1S/C10H16N2S/c1-7-10(8-3-2-4-8)12-9(13-7)5-6-11/h8H,2-6,11H2,1H3. The highest BCUT2D eigenvalue weighted by atomic mass is 32.1. The minimum Gasteiger partial charge on any atom is -0.330 e. The molecular weight excluding hydrogens is 180 g/mol. The number of thiazole rings is 1. The Bertz CT molecular complexity index is 289. The third-order valence-corrected chi connectivity index (χ3v) is 3.77. The molecule has 1 aliphatic rings. The fourth-order valence-corrected chi connectivity index (χ4v) is 2.79. The molecule has 1 saturated carbocycles. The maximum Gasteiger partial charge on any atom is 0.0943 e. The Morgan fingerprint density at radius 1 is 1.54 bits per heavy atom. The molecular formula is C10H16N2S. The normalized spacial score (nSPS) is 17.4. The van der Waals surface area contributed by atoms with Crippen LogP contribution in [0, 0.1) is 6.92 Å². The molecule has 0 atom stereocenters. The molecule has 1 aromatic rings. The Morgan fingerprint density at radius 2 is 2.31 bits per heavy atom. The second-order valence-corrected chi connectivity index (χ2v) is 5.00. The van der Waals surface area contributed by atoms with Crippen molar-refractivity contribution < 1.29 is 0 Å². The van der Waals surface area contributed by atoms with Gasteiger partial charge in [-0.05, 0) is 26.3 Å². The highest BCUT2D eigenvalue weighted by Gasteiger charge is 2.24. The van der Waals surface area contributed by atoms with Gasteiger partial charge < -0.3 is 5.73 Å². The van der Waals surface area contributed by atoms with Crippen molar-refractivity contribution in [1.82, 2.24) is 4.98 Å². The summed E-state index contributed by atoms with van der Waals surface area (Å²) < 4.78 is 0. The summed E-state index contributed by atoms with van der Waals surface area (Å²) in [7, 11) is 0. The molecule has 0 radical (unpaired) electrons. The van der Waals surface area contributed by atoms with Gasteiger partial charge in [-0.15, -0.1) is 11.3 Å². The number of hydrogen-bond acceptors (Lipinski definition) is 3. The van der Waals surface area contributed by atoms with Gasteiger partial charge in [0.05, 0.1) is 10.7 Å². The van der Waals surface area contributed by atoms with Gasteiger partial charge in [-0.2, -0.15) is 0 Å². The van der Waals surface area contributed by atoms with Gasteiger partial charge in [-0.3, -0.25) is 0 Å². The lowest BCUT2D eigenvalue weighted by Crippen LogP contribution is -2.10. The first-order chi connectivity index (χ1) is 6.31. The number of rotatable bonds is 3. The topological polar surface area (TPSA) is 38.9 Å². The van der Waals surface area contributed by atoms with Gasteiger partial charge in [0.2, 0.25) is 0 Å². The van der Waals surface area contributed by atoms with Gasteiger partial charge >= 0.3 is 0 Å². The second kappa shape index (κ2) is 3.76. The largest absolute Gasteiger partial charge is 0.330 e. The van der Waals surface area contributed by atoms with Crippen LogP contribution in [0.5, 0.6) is 0 Å². The van der Waals surface area contributed by atoms with Gasteiger partial charge in [0.1, 0.15) is 0 Å². The molecule has 1 aromatic heterocycles. The predicted octanol–water partition coefficient (Wildman–Crippen LogP) is 2.22. The van der Waals surface area contributed by atoms with E-state index in [1.807, 2.05) is 11.3 Å². The van der Waals surface area contributed by atoms with Gasteiger partial charge in [-0.1, -0.05) is 6.42 Å². The van der Waals surface area contributed by atoms with Crippen LogP contribution in [-0.4, -0.2) is 11.5 Å². The van der Waals surface area contributed by atoms with E-state index in [2.05, 4.69) is 11.9 Å². The molecule has 2 rings (SSSR count). The van der Waals surface area contributed by atoms with Crippen LogP contribution in [-0.2, 0) is 6.42 Å². The zero-order valence-corrected chi connectivity index (χ0v) is 8.86. The van der Waals surface area contributed by atoms with Crippen LogP contribution in [0.3, 0.4) is 0 Å². The summed E-state index contributed by atoms with van der Waals surface area (Å²) >= 11 is 1.83. The lowest BCUT2D eigenvalue weighted by molar-refractivity contribution is 0.410. The van der Waals surface area contributed by atoms with Crippen molar-refractivity contribution in [2.24, 2.45) is 5.73 Å². The van der Waals surface area contributed by atoms with Crippen LogP contribution < -0.4 is 5.73 Å². The monoisotopic (exact) mass is 196 g/mol. The average Bonchev–Trinajstić information content (AvgIpc) is 2.30. The summed E-state index contributed by atoms with van der Waals surface area (Å²) in [5.41, 5.74) is 6.87. The third-order valence-electron chi connectivity index (χ3n) is 2.73. The molecule has 2 nitrogen and oxygen atoms in total. The first-order valence-electron chi connectivity index (χ1n) is 4.97. The Kier molecular flexibility index (Phi) is 2.65. The summed E-state index contributed by atoms with van der Waals surface area (Å²) in [5, 5.41) is 1.22. The van der Waals surface area contributed by atoms with E-state index in [-0.39, 0.29) is 0 Å². The lowest BCUT2D eigenvalue weighted by Gasteiger charge is -2.24. The van der Waals surface area contributed by atoms with Crippen molar-refractivity contribution in [2.45, 2.75) is 38.5 Å². The van der Waals surface area contributed by atoms with E-state index in [4.69, 9.17) is 5.73 Å². The van der Waals surface area contributed by atoms with E-state index in [1.165, 1.54) is 34.8 Å². The smallest absolute Gasteiger partial charge is 0.0943 e. The second-order valence-electron chi connectivity index (χ2n) is 3.72. The van der Waals surface area contributed by atoms with Gasteiger partial charge in [0, 0.05) is 17.2 Å². The van der Waals surface area contributed by atoms with Gasteiger partial charge in [0.15, 0.2) is 0 Å². The van der Waals surface area contributed by atoms with Crippen molar-refractivity contribution in [2.75, 3.05) is 6.54 Å². The average molecular weight is 196 g/mol. The van der Waals surface area contributed by atoms with E-state index >= 15 is 0 Å². The molecule has 1 aliphatic carbocycles. The third kappa shape index (κ3) is 1.76. The molecule has 3 heteroatoms. The van der Waals surface area contributed by atoms with E-state index < -0.39 is 0 Å². The maximum absolute atomic E-state index is 5.51. The first-order valence-corrected chi connectivity index (χ1v) is 5.79. The number of nitrogens with two attached hydrogens (primary N) is 1. The highest BCUT2D eigenvalue weighted by Crippen LogP contribution is 2.38. The van der Waals surface area contributed by atoms with Gasteiger partial charge in [-0.25, -0.2) is 4.98 Å². The van der Waals surface area contributed by atoms with Crippen molar-refractivity contribution in [1.29, 1.82) is 0 Å². The zero-order chi connectivity index (χ0) is 9.26. The molecule has 0 aromatic carbocycles. The summed E-state index contributed by atoms with van der Waals surface area (Å²) in [6.45, 7) is 2.91. The number of aryl methyl sites for hydroxylation is 1. The summed E-state index contributed by atoms with van der Waals surface area (Å²) in [6.07, 6.45) is 5.01. The predicted molar refractivity (Wildman–Crippen MR) is 56.2 cm³/mol. The Balaban J connectivity index is 2.15. The van der Waals surface area contributed by atoms with Gasteiger partial charge in [0.25, 0.3) is 0 Å². The van der Waals surface area contributed by atoms with Crippen LogP contribution >= 0.6 is 11.3 Å². The van der Waals surface area contributed by atoms with Crippen molar-refractivity contribution >= 4 is 11.3 Å². The van der Waals surface area contributed by atoms with Crippen LogP contribution in [0.25, 0.3) is 0 Å². The number of aromatic nitrogens is 1. The highest BCUT2D eigenvalue weighted by molar-refractivity contribution is 7.11. The Hall–Kier alpha value is -0.410. The van der Waals surface area contributed by atoms with Crippen LogP contribution in [0.4, 0.5) is 0 Å². The Labute approximate surface area is 83.2 Å². The fraction of sp³-hybridized carbons (Fsp3) is 0.700. The maximum atomic E-state index is 5.51. The molecule has 0 amide bonds. The van der Waals surface area contributed by atoms with Crippen LogP contribution in [0.15, 0.2) is 0 Å². The molecule has 1 heterocycles. The zero-order valence-electron chi connectivity index (χ0n) is 8.05. The number of nitrogens with zero attached hydrogens (tertiary/aromatic N) is 1. The molecule has 1 fully saturated rings. The molecule has 0 spiro atoms. The minimum atomic E-state index is 0.719. The Morgan fingerprint density at radius 3 is 2.85 bits per heavy atom. The van der Waals surface area contributed by atoms with Crippen molar-refractivity contribution in [3.05, 3.63) is 15.6 Å². The molecule has 0 bridgehead atoms. The molecule has 13 heavy (non-hydrogen) atoms. The van der Waals surface area contributed by atoms with E-state index in [0.717, 1.165) is 18.9 Å². The molecule has 0 saturated heterocycles. The summed E-state index contributed by atoms with van der Waals surface area (Å²) in [6, 6.07) is 0. The van der Waals surface area contributed by atoms with E-state index in [0.29, 0.717) is 0 Å². The summed E-state index contributed by atoms with van der Waals surface area (Å²) in [5.74, 6) is 0.766. The van der Waals surface area contributed by atoms with E-state index in [1.54, 1.807) is 0 Å². The van der Waals surface area contributed by atoms with Crippen LogP contribution in [0.2, 0.25) is 0 Å². The first kappa shape index (κ1) is 9.16.